The Morgan fingerprint density at radius 1 is 1.11 bits per heavy atom. The van der Waals surface area contributed by atoms with E-state index in [0.717, 1.165) is 24.5 Å². The lowest BCUT2D eigenvalue weighted by molar-refractivity contribution is 0.813. The van der Waals surface area contributed by atoms with Gasteiger partial charge in [0, 0.05) is 18.3 Å². The minimum absolute atomic E-state index is 0.423. The van der Waals surface area contributed by atoms with E-state index in [0.29, 0.717) is 5.92 Å². The maximum atomic E-state index is 4.28. The molecule has 0 bridgehead atoms. The maximum Gasteiger partial charge on any atom is 0.129 e. The second-order valence-corrected chi connectivity index (χ2v) is 4.96. The van der Waals surface area contributed by atoms with Crippen LogP contribution in [0.25, 0.3) is 0 Å². The van der Waals surface area contributed by atoms with Gasteiger partial charge in [0.2, 0.25) is 0 Å². The molecule has 0 aliphatic carbocycles. The Labute approximate surface area is 115 Å². The summed E-state index contributed by atoms with van der Waals surface area (Å²) in [4.78, 5) is 8.55. The van der Waals surface area contributed by atoms with Gasteiger partial charge in [-0.1, -0.05) is 45.0 Å². The van der Waals surface area contributed by atoms with Crippen LogP contribution in [-0.2, 0) is 13.0 Å². The summed E-state index contributed by atoms with van der Waals surface area (Å²) < 4.78 is 0. The van der Waals surface area contributed by atoms with Gasteiger partial charge in [-0.2, -0.15) is 0 Å². The van der Waals surface area contributed by atoms with E-state index < -0.39 is 0 Å². The minimum atomic E-state index is 0.423. The Hall–Kier alpha value is -1.90. The summed E-state index contributed by atoms with van der Waals surface area (Å²) in [5.74, 6) is 1.32. The van der Waals surface area contributed by atoms with E-state index in [9.17, 15) is 0 Å². The smallest absolute Gasteiger partial charge is 0.129 e. The van der Waals surface area contributed by atoms with Crippen molar-refractivity contribution >= 4 is 5.82 Å². The fourth-order valence-electron chi connectivity index (χ4n) is 2.05. The van der Waals surface area contributed by atoms with Gasteiger partial charge in [-0.15, -0.1) is 0 Å². The van der Waals surface area contributed by atoms with Gasteiger partial charge in [-0.25, -0.2) is 9.97 Å². The maximum absolute atomic E-state index is 4.28. The Morgan fingerprint density at radius 3 is 2.53 bits per heavy atom. The monoisotopic (exact) mass is 255 g/mol. The Kier molecular flexibility index (Phi) is 4.50. The molecule has 2 rings (SSSR count). The number of aryl methyl sites for hydroxylation is 1. The van der Waals surface area contributed by atoms with Gasteiger partial charge >= 0.3 is 0 Å². The van der Waals surface area contributed by atoms with Crippen molar-refractivity contribution in [2.75, 3.05) is 5.32 Å². The average molecular weight is 255 g/mol. The van der Waals surface area contributed by atoms with E-state index in [2.05, 4.69) is 60.3 Å². The van der Waals surface area contributed by atoms with Crippen LogP contribution < -0.4 is 5.32 Å². The van der Waals surface area contributed by atoms with Crippen molar-refractivity contribution in [3.8, 4) is 0 Å². The first-order valence-corrected chi connectivity index (χ1v) is 6.83. The van der Waals surface area contributed by atoms with E-state index >= 15 is 0 Å². The molecule has 0 saturated heterocycles. The molecular weight excluding hydrogens is 234 g/mol. The van der Waals surface area contributed by atoms with Crippen LogP contribution in [0.1, 0.15) is 43.5 Å². The zero-order chi connectivity index (χ0) is 13.7. The highest BCUT2D eigenvalue weighted by Gasteiger charge is 2.04. The van der Waals surface area contributed by atoms with Crippen LogP contribution in [0, 0.1) is 0 Å². The van der Waals surface area contributed by atoms with E-state index in [1.54, 1.807) is 6.33 Å². The van der Waals surface area contributed by atoms with Crippen LogP contribution in [0.4, 0.5) is 5.82 Å². The van der Waals surface area contributed by atoms with Crippen molar-refractivity contribution in [2.45, 2.75) is 39.7 Å². The average Bonchev–Trinajstić information content (AvgIpc) is 2.45. The second-order valence-electron chi connectivity index (χ2n) is 4.96. The first kappa shape index (κ1) is 13.5. The van der Waals surface area contributed by atoms with Crippen molar-refractivity contribution in [3.63, 3.8) is 0 Å². The molecule has 1 heterocycles. The van der Waals surface area contributed by atoms with Gasteiger partial charge in [0.15, 0.2) is 0 Å². The largest absolute Gasteiger partial charge is 0.366 e. The molecule has 0 saturated carbocycles. The van der Waals surface area contributed by atoms with Crippen molar-refractivity contribution in [3.05, 3.63) is 53.5 Å². The number of nitrogens with zero attached hydrogens (tertiary/aromatic N) is 2. The molecule has 1 aromatic heterocycles. The zero-order valence-corrected chi connectivity index (χ0v) is 11.9. The number of aromatic nitrogens is 2. The molecule has 0 aliphatic rings. The Balaban J connectivity index is 2.08. The van der Waals surface area contributed by atoms with E-state index in [1.807, 2.05) is 6.07 Å². The van der Waals surface area contributed by atoms with E-state index in [-0.39, 0.29) is 0 Å². The fraction of sp³-hybridized carbons (Fsp3) is 0.375. The zero-order valence-electron chi connectivity index (χ0n) is 11.9. The van der Waals surface area contributed by atoms with Gasteiger partial charge in [0.05, 0.1) is 0 Å². The number of anilines is 1. The third kappa shape index (κ3) is 3.53. The molecule has 2 aromatic rings. The highest BCUT2D eigenvalue weighted by atomic mass is 15.0. The van der Waals surface area contributed by atoms with E-state index in [4.69, 9.17) is 0 Å². The summed E-state index contributed by atoms with van der Waals surface area (Å²) in [6, 6.07) is 10.5. The molecular formula is C16H21N3. The number of hydrogen-bond acceptors (Lipinski definition) is 3. The molecule has 1 N–H and O–H groups in total. The summed E-state index contributed by atoms with van der Waals surface area (Å²) in [6.07, 6.45) is 2.68. The van der Waals surface area contributed by atoms with Crippen LogP contribution in [-0.4, -0.2) is 9.97 Å². The highest BCUT2D eigenvalue weighted by molar-refractivity contribution is 5.38. The lowest BCUT2D eigenvalue weighted by Crippen LogP contribution is -2.05. The van der Waals surface area contributed by atoms with Crippen LogP contribution >= 0.6 is 0 Å². The molecule has 0 unspecified atom stereocenters. The second kappa shape index (κ2) is 6.32. The standard InChI is InChI=1S/C16H21N3/c1-4-13-7-5-6-8-14(13)10-17-16-9-15(12(2)3)18-11-19-16/h5-9,11-12H,4,10H2,1-3H3,(H,17,18,19). The highest BCUT2D eigenvalue weighted by Crippen LogP contribution is 2.15. The molecule has 0 radical (unpaired) electrons. The fourth-order valence-corrected chi connectivity index (χ4v) is 2.05. The van der Waals surface area contributed by atoms with Gasteiger partial charge in [0.25, 0.3) is 0 Å². The molecule has 3 heteroatoms. The van der Waals surface area contributed by atoms with Gasteiger partial charge in [0.1, 0.15) is 12.1 Å². The minimum Gasteiger partial charge on any atom is -0.366 e. The first-order valence-electron chi connectivity index (χ1n) is 6.83. The van der Waals surface area contributed by atoms with Crippen LogP contribution in [0.3, 0.4) is 0 Å². The molecule has 1 aromatic carbocycles. The third-order valence-corrected chi connectivity index (χ3v) is 3.24. The quantitative estimate of drug-likeness (QED) is 0.883. The number of rotatable bonds is 5. The summed E-state index contributed by atoms with van der Waals surface area (Å²) in [5.41, 5.74) is 3.78. The summed E-state index contributed by atoms with van der Waals surface area (Å²) in [5, 5.41) is 3.38. The normalized spacial score (nSPS) is 10.7. The molecule has 19 heavy (non-hydrogen) atoms. The lowest BCUT2D eigenvalue weighted by atomic mass is 10.1. The SMILES string of the molecule is CCc1ccccc1CNc1cc(C(C)C)ncn1. The molecule has 100 valence electrons. The lowest BCUT2D eigenvalue weighted by Gasteiger charge is -2.11. The number of benzene rings is 1. The van der Waals surface area contributed by atoms with Crippen molar-refractivity contribution in [1.82, 2.24) is 9.97 Å². The summed E-state index contributed by atoms with van der Waals surface area (Å²) in [7, 11) is 0. The molecule has 0 atom stereocenters. The van der Waals surface area contributed by atoms with Crippen LogP contribution in [0.2, 0.25) is 0 Å². The summed E-state index contributed by atoms with van der Waals surface area (Å²) >= 11 is 0. The van der Waals surface area contributed by atoms with Gasteiger partial charge in [-0.3, -0.25) is 0 Å². The molecule has 0 fully saturated rings. The van der Waals surface area contributed by atoms with Crippen molar-refractivity contribution in [1.29, 1.82) is 0 Å². The van der Waals surface area contributed by atoms with Gasteiger partial charge < -0.3 is 5.32 Å². The number of hydrogen-bond donors (Lipinski definition) is 1. The molecule has 0 amide bonds. The predicted molar refractivity (Wildman–Crippen MR) is 79.3 cm³/mol. The Morgan fingerprint density at radius 2 is 1.84 bits per heavy atom. The molecule has 3 nitrogen and oxygen atoms in total. The third-order valence-electron chi connectivity index (χ3n) is 3.24. The van der Waals surface area contributed by atoms with Crippen molar-refractivity contribution < 1.29 is 0 Å². The van der Waals surface area contributed by atoms with Crippen molar-refractivity contribution in [2.24, 2.45) is 0 Å². The predicted octanol–water partition coefficient (Wildman–Crippen LogP) is 3.77. The molecule has 0 spiro atoms. The first-order chi connectivity index (χ1) is 9.20. The molecule has 0 aliphatic heterocycles. The van der Waals surface area contributed by atoms with Gasteiger partial charge in [-0.05, 0) is 23.5 Å². The topological polar surface area (TPSA) is 37.8 Å². The van der Waals surface area contributed by atoms with E-state index in [1.165, 1.54) is 11.1 Å². The van der Waals surface area contributed by atoms with Crippen LogP contribution in [0.5, 0.6) is 0 Å². The van der Waals surface area contributed by atoms with Crippen LogP contribution in [0.15, 0.2) is 36.7 Å². The Bertz CT molecular complexity index is 535. The number of nitrogens with one attached hydrogen (secondary N) is 1. The summed E-state index contributed by atoms with van der Waals surface area (Å²) in [6.45, 7) is 7.26.